The molecular formula is C11H12IN3O2. The van der Waals surface area contributed by atoms with Crippen LogP contribution in [0.1, 0.15) is 18.7 Å². The largest absolute Gasteiger partial charge is 0.370 e. The minimum Gasteiger partial charge on any atom is -0.370 e. The molecule has 2 unspecified atom stereocenters. The molecule has 2 aliphatic rings. The van der Waals surface area contributed by atoms with Gasteiger partial charge in [0.2, 0.25) is 0 Å². The summed E-state index contributed by atoms with van der Waals surface area (Å²) in [6, 6.07) is 0.119. The maximum atomic E-state index is 11.9. The monoisotopic (exact) mass is 345 g/mol. The van der Waals surface area contributed by atoms with E-state index in [0.717, 1.165) is 21.5 Å². The van der Waals surface area contributed by atoms with Gasteiger partial charge in [-0.15, -0.1) is 0 Å². The van der Waals surface area contributed by atoms with Crippen molar-refractivity contribution >= 4 is 34.5 Å². The van der Waals surface area contributed by atoms with Gasteiger partial charge < -0.3 is 10.0 Å². The molecule has 0 radical (unpaired) electrons. The lowest BCUT2D eigenvalue weighted by Gasteiger charge is -2.29. The SMILES string of the molecule is CC1=Cc2ncc(=O)n3c2N(CC3CI)C1O. The molecule has 3 heterocycles. The van der Waals surface area contributed by atoms with E-state index in [4.69, 9.17) is 0 Å². The molecular weight excluding hydrogens is 333 g/mol. The van der Waals surface area contributed by atoms with Gasteiger partial charge in [-0.2, -0.15) is 0 Å². The molecule has 5 nitrogen and oxygen atoms in total. The fraction of sp³-hybridized carbons (Fsp3) is 0.455. The predicted octanol–water partition coefficient (Wildman–Crippen LogP) is 0.775. The third-order valence-electron chi connectivity index (χ3n) is 3.30. The Kier molecular flexibility index (Phi) is 2.51. The molecule has 0 fully saturated rings. The summed E-state index contributed by atoms with van der Waals surface area (Å²) < 4.78 is 2.59. The third kappa shape index (κ3) is 1.46. The number of nitrogens with zero attached hydrogens (tertiary/aromatic N) is 3. The van der Waals surface area contributed by atoms with Crippen LogP contribution in [0.5, 0.6) is 0 Å². The van der Waals surface area contributed by atoms with Crippen molar-refractivity contribution in [2.45, 2.75) is 19.2 Å². The van der Waals surface area contributed by atoms with Gasteiger partial charge in [-0.25, -0.2) is 4.98 Å². The number of aliphatic hydroxyl groups excluding tert-OH is 1. The quantitative estimate of drug-likeness (QED) is 0.604. The molecule has 0 saturated heterocycles. The Bertz CT molecular complexity index is 566. The Hall–Kier alpha value is -0.890. The first-order chi connectivity index (χ1) is 8.13. The molecule has 17 heavy (non-hydrogen) atoms. The van der Waals surface area contributed by atoms with E-state index in [-0.39, 0.29) is 11.6 Å². The van der Waals surface area contributed by atoms with Crippen LogP contribution in [0, 0.1) is 0 Å². The lowest BCUT2D eigenvalue weighted by molar-refractivity contribution is 0.205. The average Bonchev–Trinajstić information content (AvgIpc) is 2.71. The number of anilines is 1. The van der Waals surface area contributed by atoms with Crippen LogP contribution in [-0.2, 0) is 0 Å². The Morgan fingerprint density at radius 2 is 2.41 bits per heavy atom. The molecule has 1 aromatic rings. The molecule has 1 N–H and O–H groups in total. The van der Waals surface area contributed by atoms with Gasteiger partial charge in [-0.3, -0.25) is 9.36 Å². The van der Waals surface area contributed by atoms with E-state index in [2.05, 4.69) is 27.6 Å². The van der Waals surface area contributed by atoms with Gasteiger partial charge in [-0.1, -0.05) is 22.6 Å². The molecule has 0 spiro atoms. The van der Waals surface area contributed by atoms with Gasteiger partial charge in [0.1, 0.15) is 11.5 Å². The van der Waals surface area contributed by atoms with Crippen LogP contribution in [0.2, 0.25) is 0 Å². The van der Waals surface area contributed by atoms with E-state index in [1.54, 1.807) is 4.57 Å². The molecule has 0 aromatic carbocycles. The highest BCUT2D eigenvalue weighted by Crippen LogP contribution is 2.37. The van der Waals surface area contributed by atoms with E-state index in [9.17, 15) is 9.90 Å². The number of hydrogen-bond donors (Lipinski definition) is 1. The number of hydrogen-bond acceptors (Lipinski definition) is 4. The molecule has 2 aliphatic heterocycles. The van der Waals surface area contributed by atoms with Gasteiger partial charge in [-0.05, 0) is 18.6 Å². The van der Waals surface area contributed by atoms with E-state index >= 15 is 0 Å². The van der Waals surface area contributed by atoms with Crippen LogP contribution in [-0.4, -0.2) is 31.9 Å². The van der Waals surface area contributed by atoms with Crippen LogP contribution in [0.25, 0.3) is 6.08 Å². The topological polar surface area (TPSA) is 58.4 Å². The maximum absolute atomic E-state index is 11.9. The molecule has 1 aromatic heterocycles. The average molecular weight is 345 g/mol. The minimum absolute atomic E-state index is 0.0898. The summed E-state index contributed by atoms with van der Waals surface area (Å²) in [6.45, 7) is 2.55. The lowest BCUT2D eigenvalue weighted by Crippen LogP contribution is -2.37. The summed E-state index contributed by atoms with van der Waals surface area (Å²) in [4.78, 5) is 17.9. The molecule has 90 valence electrons. The lowest BCUT2D eigenvalue weighted by atomic mass is 10.1. The van der Waals surface area contributed by atoms with Gasteiger partial charge in [0, 0.05) is 11.0 Å². The number of halogens is 1. The molecule has 0 saturated carbocycles. The van der Waals surface area contributed by atoms with Gasteiger partial charge >= 0.3 is 0 Å². The second-order valence-electron chi connectivity index (χ2n) is 4.40. The van der Waals surface area contributed by atoms with Crippen molar-refractivity contribution in [3.63, 3.8) is 0 Å². The van der Waals surface area contributed by atoms with E-state index in [0.29, 0.717) is 6.54 Å². The fourth-order valence-electron chi connectivity index (χ4n) is 2.48. The first-order valence-electron chi connectivity index (χ1n) is 5.44. The molecule has 0 aliphatic carbocycles. The summed E-state index contributed by atoms with van der Waals surface area (Å²) in [7, 11) is 0. The summed E-state index contributed by atoms with van der Waals surface area (Å²) in [5, 5.41) is 10.1. The highest BCUT2D eigenvalue weighted by Gasteiger charge is 2.37. The molecule has 0 bridgehead atoms. The Labute approximate surface area is 112 Å². The summed E-state index contributed by atoms with van der Waals surface area (Å²) in [5.41, 5.74) is 1.55. The zero-order valence-electron chi connectivity index (χ0n) is 9.30. The van der Waals surface area contributed by atoms with Gasteiger partial charge in [0.15, 0.2) is 6.23 Å². The summed E-state index contributed by atoms with van der Waals surface area (Å²) in [6.07, 6.45) is 2.58. The van der Waals surface area contributed by atoms with Crippen molar-refractivity contribution in [2.75, 3.05) is 15.9 Å². The smallest absolute Gasteiger partial charge is 0.270 e. The van der Waals surface area contributed by atoms with Crippen molar-refractivity contribution in [3.8, 4) is 0 Å². The Balaban J connectivity index is 2.29. The second kappa shape index (κ2) is 3.81. The van der Waals surface area contributed by atoms with Crippen LogP contribution in [0.4, 0.5) is 5.82 Å². The summed E-state index contributed by atoms with van der Waals surface area (Å²) in [5.74, 6) is 0.761. The van der Waals surface area contributed by atoms with Crippen molar-refractivity contribution < 1.29 is 5.11 Å². The fourth-order valence-corrected chi connectivity index (χ4v) is 3.15. The van der Waals surface area contributed by atoms with E-state index < -0.39 is 6.23 Å². The first-order valence-corrected chi connectivity index (χ1v) is 6.96. The number of aliphatic hydroxyl groups is 1. The highest BCUT2D eigenvalue weighted by atomic mass is 127. The maximum Gasteiger partial charge on any atom is 0.270 e. The summed E-state index contributed by atoms with van der Waals surface area (Å²) >= 11 is 2.27. The highest BCUT2D eigenvalue weighted by molar-refractivity contribution is 14.1. The Morgan fingerprint density at radius 3 is 3.12 bits per heavy atom. The van der Waals surface area contributed by atoms with Crippen molar-refractivity contribution in [2.24, 2.45) is 0 Å². The van der Waals surface area contributed by atoms with Crippen LogP contribution >= 0.6 is 22.6 Å². The first kappa shape index (κ1) is 11.2. The van der Waals surface area contributed by atoms with Crippen LogP contribution < -0.4 is 10.5 Å². The zero-order chi connectivity index (χ0) is 12.2. The second-order valence-corrected chi connectivity index (χ2v) is 5.28. The van der Waals surface area contributed by atoms with E-state index in [1.807, 2.05) is 17.9 Å². The number of alkyl halides is 1. The third-order valence-corrected chi connectivity index (χ3v) is 4.32. The van der Waals surface area contributed by atoms with Crippen LogP contribution in [0.15, 0.2) is 16.6 Å². The standard InChI is InChI=1S/C11H12IN3O2/c1-6-2-8-10-14(11(6)17)5-7(3-12)15(10)9(16)4-13-8/h2,4,7,11,17H,3,5H2,1H3. The van der Waals surface area contributed by atoms with Crippen molar-refractivity contribution in [3.05, 3.63) is 27.8 Å². The molecule has 3 rings (SSSR count). The van der Waals surface area contributed by atoms with Crippen LogP contribution in [0.3, 0.4) is 0 Å². The predicted molar refractivity (Wildman–Crippen MR) is 73.4 cm³/mol. The van der Waals surface area contributed by atoms with E-state index in [1.165, 1.54) is 6.20 Å². The zero-order valence-corrected chi connectivity index (χ0v) is 11.5. The molecule has 2 atom stereocenters. The molecule has 0 amide bonds. The van der Waals surface area contributed by atoms with Crippen molar-refractivity contribution in [1.29, 1.82) is 0 Å². The van der Waals surface area contributed by atoms with Crippen molar-refractivity contribution in [1.82, 2.24) is 9.55 Å². The normalized spacial score (nSPS) is 25.8. The minimum atomic E-state index is -0.634. The molecule has 6 heteroatoms. The van der Waals surface area contributed by atoms with Gasteiger partial charge in [0.25, 0.3) is 5.56 Å². The van der Waals surface area contributed by atoms with Gasteiger partial charge in [0.05, 0.1) is 12.2 Å². The number of rotatable bonds is 1. The Morgan fingerprint density at radius 1 is 1.65 bits per heavy atom. The number of aromatic nitrogens is 2.